The van der Waals surface area contributed by atoms with Crippen LogP contribution in [-0.2, 0) is 39.2 Å². The smallest absolute Gasteiger partial charge is 0.382 e. The van der Waals surface area contributed by atoms with Crippen LogP contribution in [0.2, 0.25) is 0 Å². The molecule has 0 aromatic carbocycles. The number of nitrogens with two attached hydrogens (primary N) is 2. The van der Waals surface area contributed by atoms with Gasteiger partial charge in [-0.15, -0.1) is 0 Å². The maximum atomic E-state index is 16.0. The van der Waals surface area contributed by atoms with Crippen molar-refractivity contribution in [2.75, 3.05) is 24.7 Å². The highest BCUT2D eigenvalue weighted by atomic mass is 32.5. The van der Waals surface area contributed by atoms with Crippen molar-refractivity contribution in [3.8, 4) is 0 Å². The molecule has 0 amide bonds. The number of phosphoric acid groups is 1. The van der Waals surface area contributed by atoms with Gasteiger partial charge < -0.3 is 39.6 Å². The average Bonchev–Trinajstić information content (AvgIpc) is 3.73. The van der Waals surface area contributed by atoms with Crippen LogP contribution in [0.15, 0.2) is 25.3 Å². The fourth-order valence-electron chi connectivity index (χ4n) is 5.70. The van der Waals surface area contributed by atoms with E-state index in [4.69, 9.17) is 46.1 Å². The molecule has 6 N–H and O–H groups in total. The Hall–Kier alpha value is -2.84. The van der Waals surface area contributed by atoms with Crippen molar-refractivity contribution in [2.45, 2.75) is 49.3 Å². The van der Waals surface area contributed by atoms with E-state index in [9.17, 15) is 14.4 Å². The number of rotatable bonds is 2. The molecule has 23 heteroatoms. The molecular formula is C21H24F2N10O8P2S. The Morgan fingerprint density at radius 3 is 2.18 bits per heavy atom. The first-order chi connectivity index (χ1) is 20.9. The third kappa shape index (κ3) is 5.16. The molecule has 1 aliphatic carbocycles. The molecule has 7 rings (SSSR count). The number of ether oxygens (including phenoxy) is 1. The van der Waals surface area contributed by atoms with Crippen molar-refractivity contribution in [3.63, 3.8) is 0 Å². The molecule has 2 aliphatic heterocycles. The number of imidazole rings is 2. The molecule has 3 fully saturated rings. The maximum Gasteiger partial charge on any atom is 0.472 e. The molecule has 1 saturated carbocycles. The molecule has 3 aliphatic rings. The van der Waals surface area contributed by atoms with Gasteiger partial charge in [0.25, 0.3) is 0 Å². The number of phosphoric ester groups is 1. The maximum absolute atomic E-state index is 16.0. The van der Waals surface area contributed by atoms with E-state index in [-0.39, 0.29) is 40.4 Å². The second kappa shape index (κ2) is 10.9. The molecule has 0 radical (unpaired) electrons. The van der Waals surface area contributed by atoms with E-state index < -0.39 is 76.6 Å². The lowest BCUT2D eigenvalue weighted by Gasteiger charge is -2.29. The van der Waals surface area contributed by atoms with Crippen LogP contribution in [0, 0.1) is 5.92 Å². The van der Waals surface area contributed by atoms with Crippen molar-refractivity contribution in [1.29, 1.82) is 0 Å². The number of aromatic nitrogens is 8. The third-order valence-electron chi connectivity index (χ3n) is 7.73. The Kier molecular flexibility index (Phi) is 7.40. The normalized spacial score (nSPS) is 38.3. The summed E-state index contributed by atoms with van der Waals surface area (Å²) < 4.78 is 75.0. The van der Waals surface area contributed by atoms with Gasteiger partial charge in [0.15, 0.2) is 35.3 Å². The van der Waals surface area contributed by atoms with E-state index in [1.165, 1.54) is 28.1 Å². The van der Waals surface area contributed by atoms with Crippen LogP contribution in [0.1, 0.15) is 18.7 Å². The predicted molar refractivity (Wildman–Crippen MR) is 148 cm³/mol. The summed E-state index contributed by atoms with van der Waals surface area (Å²) in [5, 5.41) is 0. The van der Waals surface area contributed by atoms with Gasteiger partial charge in [0, 0.05) is 5.92 Å². The van der Waals surface area contributed by atoms with Gasteiger partial charge in [0.2, 0.25) is 0 Å². The van der Waals surface area contributed by atoms with Gasteiger partial charge >= 0.3 is 14.5 Å². The van der Waals surface area contributed by atoms with Crippen LogP contribution < -0.4 is 11.5 Å². The van der Waals surface area contributed by atoms with E-state index >= 15 is 8.78 Å². The Morgan fingerprint density at radius 1 is 0.864 bits per heavy atom. The summed E-state index contributed by atoms with van der Waals surface area (Å²) in [6.45, 7) is -5.45. The molecule has 18 nitrogen and oxygen atoms in total. The quantitative estimate of drug-likeness (QED) is 0.217. The first kappa shape index (κ1) is 29.8. The summed E-state index contributed by atoms with van der Waals surface area (Å²) in [5.41, 5.74) is 12.5. The monoisotopic (exact) mass is 676 g/mol. The number of hydrogen-bond acceptors (Lipinski definition) is 15. The number of anilines is 2. The summed E-state index contributed by atoms with van der Waals surface area (Å²) in [5.74, 6) is -0.817. The molecule has 6 heterocycles. The molecule has 2 saturated heterocycles. The van der Waals surface area contributed by atoms with E-state index in [0.717, 1.165) is 6.33 Å². The topological polar surface area (TPSA) is 243 Å². The van der Waals surface area contributed by atoms with Crippen LogP contribution in [-0.4, -0.2) is 92.7 Å². The SMILES string of the molecule is Nc1ncnc2c1ncn2[C@@H]1C[C@@H]2COP(=O)(O)OC3[C@@H](COP(O)(=S)O[C@@H]2C1F)O[C@@H](n1cnc2c(N)ncnc21)[C@H]3F. The molecule has 0 spiro atoms. The summed E-state index contributed by atoms with van der Waals surface area (Å²) in [4.78, 5) is 45.7. The van der Waals surface area contributed by atoms with Crippen LogP contribution in [0.3, 0.4) is 0 Å². The van der Waals surface area contributed by atoms with Gasteiger partial charge in [-0.1, -0.05) is 0 Å². The van der Waals surface area contributed by atoms with Crippen LogP contribution in [0.4, 0.5) is 20.4 Å². The van der Waals surface area contributed by atoms with E-state index in [1.807, 2.05) is 0 Å². The number of hydrogen-bond donors (Lipinski definition) is 4. The summed E-state index contributed by atoms with van der Waals surface area (Å²) in [6, 6.07) is -0.978. The first-order valence-corrected chi connectivity index (χ1v) is 17.1. The predicted octanol–water partition coefficient (Wildman–Crippen LogP) is 1.10. The zero-order valence-corrected chi connectivity index (χ0v) is 24.8. The lowest BCUT2D eigenvalue weighted by Crippen LogP contribution is -2.35. The highest BCUT2D eigenvalue weighted by molar-refractivity contribution is 8.07. The number of fused-ring (bicyclic) bond motifs is 4. The summed E-state index contributed by atoms with van der Waals surface area (Å²) >= 11 is 5.17. The van der Waals surface area contributed by atoms with Crippen molar-refractivity contribution in [3.05, 3.63) is 25.3 Å². The number of nitrogen functional groups attached to an aromatic ring is 2. The summed E-state index contributed by atoms with van der Waals surface area (Å²) in [7, 11) is -4.99. The van der Waals surface area contributed by atoms with Crippen LogP contribution in [0.25, 0.3) is 22.3 Å². The lowest BCUT2D eigenvalue weighted by atomic mass is 10.1. The second-order valence-corrected chi connectivity index (χ2v) is 14.5. The van der Waals surface area contributed by atoms with E-state index in [1.54, 1.807) is 0 Å². The standard InChI is InChI=1S/C21H24F2N10O8P2S/c22-11-9(32-6-30-13-17(24)26-4-28-19(13)32)1-8-2-37-42(34,35)40-16-10(3-38-43(36,44)41-15(8)11)39-21(12(16)23)33-7-31-14-18(25)27-5-29-20(14)33/h4-12,15-16,21H,1-3H2,(H,34,35)(H,36,44)(H2,24,26,28)(H2,25,27,29)/t8-,9-,10-,11?,12+,15+,16?,21-,43?/m1/s1. The molecule has 4 aromatic rings. The van der Waals surface area contributed by atoms with Crippen molar-refractivity contribution in [1.82, 2.24) is 39.0 Å². The zero-order chi connectivity index (χ0) is 31.0. The van der Waals surface area contributed by atoms with Crippen molar-refractivity contribution in [2.24, 2.45) is 5.92 Å². The van der Waals surface area contributed by atoms with E-state index in [2.05, 4.69) is 29.9 Å². The van der Waals surface area contributed by atoms with Gasteiger partial charge in [-0.2, -0.15) is 0 Å². The molecule has 236 valence electrons. The average molecular weight is 676 g/mol. The fourth-order valence-corrected chi connectivity index (χ4v) is 8.17. The Morgan fingerprint density at radius 2 is 1.50 bits per heavy atom. The molecular weight excluding hydrogens is 652 g/mol. The minimum absolute atomic E-state index is 0.0296. The molecule has 4 unspecified atom stereocenters. The van der Waals surface area contributed by atoms with Gasteiger partial charge in [-0.25, -0.2) is 43.2 Å². The third-order valence-corrected chi connectivity index (χ3v) is 10.3. The second-order valence-electron chi connectivity index (χ2n) is 10.4. The van der Waals surface area contributed by atoms with Crippen LogP contribution >= 0.6 is 14.5 Å². The number of halogens is 2. The van der Waals surface area contributed by atoms with Gasteiger partial charge in [0.1, 0.15) is 48.2 Å². The Balaban J connectivity index is 1.17. The zero-order valence-electron chi connectivity index (χ0n) is 22.2. The minimum Gasteiger partial charge on any atom is -0.382 e. The van der Waals surface area contributed by atoms with Crippen molar-refractivity contribution >= 4 is 60.3 Å². The van der Waals surface area contributed by atoms with Crippen LogP contribution in [0.5, 0.6) is 0 Å². The number of alkyl halides is 2. The van der Waals surface area contributed by atoms with Crippen molar-refractivity contribution < 1.29 is 46.0 Å². The molecule has 4 aromatic heterocycles. The minimum atomic E-state index is -4.99. The largest absolute Gasteiger partial charge is 0.472 e. The van der Waals surface area contributed by atoms with Gasteiger partial charge in [0.05, 0.1) is 31.9 Å². The van der Waals surface area contributed by atoms with E-state index in [0.29, 0.717) is 0 Å². The number of nitrogens with zero attached hydrogens (tertiary/aromatic N) is 8. The van der Waals surface area contributed by atoms with Gasteiger partial charge in [-0.3, -0.25) is 13.6 Å². The Labute approximate surface area is 250 Å². The molecule has 10 atom stereocenters. The molecule has 0 bridgehead atoms. The molecule has 44 heavy (non-hydrogen) atoms. The highest BCUT2D eigenvalue weighted by Gasteiger charge is 2.53. The fraction of sp³-hybridized carbons (Fsp3) is 0.524. The Bertz CT molecular complexity index is 1710. The van der Waals surface area contributed by atoms with Gasteiger partial charge in [-0.05, 0) is 18.2 Å². The summed E-state index contributed by atoms with van der Waals surface area (Å²) in [6.07, 6.45) is -5.16. The lowest BCUT2D eigenvalue weighted by molar-refractivity contribution is -0.0505. The first-order valence-electron chi connectivity index (χ1n) is 13.0. The highest BCUT2D eigenvalue weighted by Crippen LogP contribution is 2.56.